The predicted octanol–water partition coefficient (Wildman–Crippen LogP) is 1.71. The van der Waals surface area contributed by atoms with E-state index in [1.54, 1.807) is 29.8 Å². The summed E-state index contributed by atoms with van der Waals surface area (Å²) in [5.41, 5.74) is 2.73. The van der Waals surface area contributed by atoms with Crippen LogP contribution in [-0.2, 0) is 11.2 Å². The van der Waals surface area contributed by atoms with Crippen molar-refractivity contribution in [2.24, 2.45) is 0 Å². The maximum Gasteiger partial charge on any atom is 0.266 e. The molecule has 1 aromatic rings. The van der Waals surface area contributed by atoms with E-state index in [4.69, 9.17) is 14.7 Å². The number of allylic oxidation sites excluding steroid dienone is 1. The smallest absolute Gasteiger partial charge is 0.266 e. The van der Waals surface area contributed by atoms with Crippen LogP contribution >= 0.6 is 0 Å². The second kappa shape index (κ2) is 8.34. The average molecular weight is 346 g/mol. The lowest BCUT2D eigenvalue weighted by molar-refractivity contribution is -0.137. The molecule has 1 heterocycles. The lowest BCUT2D eigenvalue weighted by atomic mass is 9.98. The molecule has 1 aliphatic heterocycles. The van der Waals surface area contributed by atoms with Gasteiger partial charge in [-0.1, -0.05) is 18.7 Å². The summed E-state index contributed by atoms with van der Waals surface area (Å²) in [7, 11) is 1.49. The molecule has 1 fully saturated rings. The summed E-state index contributed by atoms with van der Waals surface area (Å²) in [6.07, 6.45) is 4.32. The molecule has 0 unspecified atom stereocenters. The number of nitrogens with zero attached hydrogens (tertiary/aromatic N) is 1. The number of hydroxylamine groups is 1. The molecule has 2 N–H and O–H groups in total. The molecule has 2 rings (SSSR count). The van der Waals surface area contributed by atoms with Crippen LogP contribution in [0.25, 0.3) is 0 Å². The third kappa shape index (κ3) is 3.83. The van der Waals surface area contributed by atoms with Gasteiger partial charge in [-0.15, -0.1) is 6.58 Å². The van der Waals surface area contributed by atoms with Crippen LogP contribution in [-0.4, -0.2) is 48.2 Å². The van der Waals surface area contributed by atoms with Gasteiger partial charge >= 0.3 is 0 Å². The number of nitrogens with one attached hydrogen (secondary N) is 1. The van der Waals surface area contributed by atoms with Crippen molar-refractivity contribution in [2.45, 2.75) is 18.9 Å². The van der Waals surface area contributed by atoms with Gasteiger partial charge in [0.15, 0.2) is 11.5 Å². The number of likely N-dealkylation sites (tertiary alicyclic amines) is 1. The molecule has 2 amide bonds. The normalized spacial score (nSPS) is 15.8. The highest BCUT2D eigenvalue weighted by atomic mass is 16.5. The zero-order valence-corrected chi connectivity index (χ0v) is 14.2. The highest BCUT2D eigenvalue weighted by molar-refractivity contribution is 5.99. The Bertz CT molecular complexity index is 686. The van der Waals surface area contributed by atoms with Crippen LogP contribution in [0.1, 0.15) is 22.3 Å². The van der Waals surface area contributed by atoms with E-state index in [1.807, 2.05) is 0 Å². The fourth-order valence-electron chi connectivity index (χ4n) is 2.69. The molecular weight excluding hydrogens is 324 g/mol. The minimum atomic E-state index is -0.664. The molecule has 0 bridgehead atoms. The first-order chi connectivity index (χ1) is 12.1. The Morgan fingerprint density at radius 3 is 2.68 bits per heavy atom. The molecule has 1 aromatic carbocycles. The van der Waals surface area contributed by atoms with E-state index in [0.717, 1.165) is 5.56 Å². The van der Waals surface area contributed by atoms with Crippen molar-refractivity contribution < 1.29 is 24.3 Å². The molecule has 7 heteroatoms. The van der Waals surface area contributed by atoms with Crippen LogP contribution in [0.2, 0.25) is 0 Å². The van der Waals surface area contributed by atoms with Gasteiger partial charge in [-0.2, -0.15) is 0 Å². The molecule has 0 aliphatic carbocycles. The van der Waals surface area contributed by atoms with Crippen LogP contribution in [0.15, 0.2) is 37.4 Å². The number of carbonyl (C=O) groups excluding carboxylic acids is 2. The molecule has 1 atom stereocenters. The van der Waals surface area contributed by atoms with Gasteiger partial charge in [0, 0.05) is 17.7 Å². The highest BCUT2D eigenvalue weighted by Crippen LogP contribution is 2.35. The second-order valence-corrected chi connectivity index (χ2v) is 5.54. The Hall–Kier alpha value is -2.80. The number of rotatable bonds is 8. The SMILES string of the molecule is C=CCOc1c(CC=C)cc(C(=O)N2CC[C@@H]2C(=O)NO)cc1OC. The van der Waals surface area contributed by atoms with Gasteiger partial charge < -0.3 is 14.4 Å². The van der Waals surface area contributed by atoms with E-state index in [-0.39, 0.29) is 5.91 Å². The zero-order valence-electron chi connectivity index (χ0n) is 14.2. The van der Waals surface area contributed by atoms with Gasteiger partial charge in [-0.25, -0.2) is 5.48 Å². The molecular formula is C18H22N2O5. The summed E-state index contributed by atoms with van der Waals surface area (Å²) < 4.78 is 11.0. The van der Waals surface area contributed by atoms with E-state index in [2.05, 4.69) is 13.2 Å². The molecule has 0 radical (unpaired) electrons. The highest BCUT2D eigenvalue weighted by Gasteiger charge is 2.38. The Labute approximate surface area is 146 Å². The van der Waals surface area contributed by atoms with Crippen LogP contribution in [0, 0.1) is 0 Å². The van der Waals surface area contributed by atoms with Crippen molar-refractivity contribution in [3.8, 4) is 11.5 Å². The fraction of sp³-hybridized carbons (Fsp3) is 0.333. The van der Waals surface area contributed by atoms with E-state index >= 15 is 0 Å². The first-order valence-corrected chi connectivity index (χ1v) is 7.87. The van der Waals surface area contributed by atoms with Gasteiger partial charge in [0.2, 0.25) is 0 Å². The molecule has 0 aromatic heterocycles. The van der Waals surface area contributed by atoms with E-state index in [0.29, 0.717) is 43.1 Å². The summed E-state index contributed by atoms with van der Waals surface area (Å²) in [5, 5.41) is 8.76. The molecule has 7 nitrogen and oxygen atoms in total. The lowest BCUT2D eigenvalue weighted by Gasteiger charge is -2.39. The van der Waals surface area contributed by atoms with Gasteiger partial charge in [0.25, 0.3) is 11.8 Å². The van der Waals surface area contributed by atoms with Crippen LogP contribution in [0.4, 0.5) is 0 Å². The molecule has 0 saturated carbocycles. The van der Waals surface area contributed by atoms with Crippen molar-refractivity contribution >= 4 is 11.8 Å². The van der Waals surface area contributed by atoms with E-state index in [9.17, 15) is 9.59 Å². The van der Waals surface area contributed by atoms with Crippen molar-refractivity contribution in [1.29, 1.82) is 0 Å². The number of benzene rings is 1. The quantitative estimate of drug-likeness (QED) is 0.425. The Balaban J connectivity index is 2.35. The molecule has 25 heavy (non-hydrogen) atoms. The summed E-state index contributed by atoms with van der Waals surface area (Å²) in [4.78, 5) is 25.7. The summed E-state index contributed by atoms with van der Waals surface area (Å²) >= 11 is 0. The number of carbonyl (C=O) groups is 2. The molecule has 1 aliphatic rings. The number of hydrogen-bond acceptors (Lipinski definition) is 5. The van der Waals surface area contributed by atoms with E-state index in [1.165, 1.54) is 12.0 Å². The summed E-state index contributed by atoms with van der Waals surface area (Å²) in [5.74, 6) is 0.0582. The first-order valence-electron chi connectivity index (χ1n) is 7.87. The summed E-state index contributed by atoms with van der Waals surface area (Å²) in [6.45, 7) is 8.10. The van der Waals surface area contributed by atoms with Gasteiger partial charge in [-0.3, -0.25) is 14.8 Å². The molecule has 1 saturated heterocycles. The van der Waals surface area contributed by atoms with Gasteiger partial charge in [0.1, 0.15) is 12.6 Å². The Morgan fingerprint density at radius 1 is 1.40 bits per heavy atom. The summed E-state index contributed by atoms with van der Waals surface area (Å²) in [6, 6.07) is 2.62. The number of amides is 2. The lowest BCUT2D eigenvalue weighted by Crippen LogP contribution is -2.57. The monoisotopic (exact) mass is 346 g/mol. The molecule has 0 spiro atoms. The first kappa shape index (κ1) is 18.5. The van der Waals surface area contributed by atoms with E-state index < -0.39 is 11.9 Å². The van der Waals surface area contributed by atoms with Crippen LogP contribution < -0.4 is 15.0 Å². The largest absolute Gasteiger partial charge is 0.493 e. The van der Waals surface area contributed by atoms with Crippen molar-refractivity contribution in [1.82, 2.24) is 10.4 Å². The maximum atomic E-state index is 12.7. The maximum absolute atomic E-state index is 12.7. The minimum Gasteiger partial charge on any atom is -0.493 e. The van der Waals surface area contributed by atoms with Gasteiger partial charge in [-0.05, 0) is 25.0 Å². The number of ether oxygens (including phenoxy) is 2. The second-order valence-electron chi connectivity index (χ2n) is 5.54. The molecule has 134 valence electrons. The topological polar surface area (TPSA) is 88.1 Å². The predicted molar refractivity (Wildman–Crippen MR) is 92.0 cm³/mol. The fourth-order valence-corrected chi connectivity index (χ4v) is 2.69. The third-order valence-corrected chi connectivity index (χ3v) is 4.00. The van der Waals surface area contributed by atoms with Crippen molar-refractivity contribution in [3.05, 3.63) is 48.6 Å². The van der Waals surface area contributed by atoms with Crippen LogP contribution in [0.5, 0.6) is 11.5 Å². The Morgan fingerprint density at radius 2 is 2.16 bits per heavy atom. The standard InChI is InChI=1S/C18H22N2O5/c1-4-6-12-10-13(11-15(24-3)16(12)25-9-5-2)18(22)20-8-7-14(20)17(21)19-23/h4-5,10-11,14,23H,1-2,6-9H2,3H3,(H,19,21)/t14-/m1/s1. The van der Waals surface area contributed by atoms with Gasteiger partial charge in [0.05, 0.1) is 7.11 Å². The zero-order chi connectivity index (χ0) is 18.4. The van der Waals surface area contributed by atoms with Crippen LogP contribution in [0.3, 0.4) is 0 Å². The van der Waals surface area contributed by atoms with Crippen molar-refractivity contribution in [3.63, 3.8) is 0 Å². The Kier molecular flexibility index (Phi) is 6.19. The minimum absolute atomic E-state index is 0.304. The number of methoxy groups -OCH3 is 1. The number of hydrogen-bond donors (Lipinski definition) is 2. The van der Waals surface area contributed by atoms with Crippen molar-refractivity contribution in [2.75, 3.05) is 20.3 Å². The third-order valence-electron chi connectivity index (χ3n) is 4.00. The average Bonchev–Trinajstić information content (AvgIpc) is 2.59.